The number of carbonyl (C=O) groups excluding carboxylic acids is 2. The highest BCUT2D eigenvalue weighted by molar-refractivity contribution is 7.21. The van der Waals surface area contributed by atoms with Crippen LogP contribution in [0.1, 0.15) is 23.5 Å². The Hall–Kier alpha value is -2.91. The number of nitrogens with zero attached hydrogens (tertiary/aromatic N) is 1. The van der Waals surface area contributed by atoms with Crippen LogP contribution in [0.3, 0.4) is 0 Å². The summed E-state index contributed by atoms with van der Waals surface area (Å²) in [4.78, 5) is 30.0. The first-order valence-electron chi connectivity index (χ1n) is 8.56. The summed E-state index contributed by atoms with van der Waals surface area (Å²) in [6, 6.07) is 10.8. The van der Waals surface area contributed by atoms with Crippen LogP contribution < -0.4 is 20.3 Å². The van der Waals surface area contributed by atoms with Gasteiger partial charge >= 0.3 is 0 Å². The van der Waals surface area contributed by atoms with E-state index in [0.717, 1.165) is 15.6 Å². The molecule has 0 bridgehead atoms. The maximum Gasteiger partial charge on any atom is 0.281 e. The Morgan fingerprint density at radius 2 is 1.89 bits per heavy atom. The Balaban J connectivity index is 1.49. The molecule has 1 atom stereocenters. The zero-order valence-electron chi connectivity index (χ0n) is 15.3. The SMILES string of the molecule is CCOc1ccc(OC(C)C(=O)NNC(=O)c2cnc(-c3cccs3)s2)cc1. The van der Waals surface area contributed by atoms with Gasteiger partial charge in [0, 0.05) is 0 Å². The van der Waals surface area contributed by atoms with Crippen molar-refractivity contribution >= 4 is 34.5 Å². The van der Waals surface area contributed by atoms with Crippen LogP contribution in [0, 0.1) is 0 Å². The minimum Gasteiger partial charge on any atom is -0.494 e. The average Bonchev–Trinajstić information content (AvgIpc) is 3.39. The van der Waals surface area contributed by atoms with Crippen LogP contribution in [0.4, 0.5) is 0 Å². The first kappa shape index (κ1) is 19.8. The number of nitrogens with one attached hydrogen (secondary N) is 2. The smallest absolute Gasteiger partial charge is 0.281 e. The van der Waals surface area contributed by atoms with Crippen LogP contribution in [0.2, 0.25) is 0 Å². The molecular weight excluding hydrogens is 398 g/mol. The van der Waals surface area contributed by atoms with Gasteiger partial charge in [0.2, 0.25) is 0 Å². The van der Waals surface area contributed by atoms with Gasteiger partial charge in [-0.05, 0) is 49.6 Å². The third-order valence-electron chi connectivity index (χ3n) is 3.58. The zero-order valence-corrected chi connectivity index (χ0v) is 16.9. The number of amides is 2. The molecule has 146 valence electrons. The maximum atomic E-state index is 12.2. The number of carbonyl (C=O) groups is 2. The number of thiophene rings is 1. The minimum absolute atomic E-state index is 0.406. The Kier molecular flexibility index (Phi) is 6.62. The lowest BCUT2D eigenvalue weighted by molar-refractivity contribution is -0.128. The van der Waals surface area contributed by atoms with Crippen molar-refractivity contribution < 1.29 is 19.1 Å². The second-order valence-electron chi connectivity index (χ2n) is 5.61. The molecule has 2 aromatic heterocycles. The van der Waals surface area contributed by atoms with Gasteiger partial charge in [0.05, 0.1) is 17.7 Å². The molecule has 0 aliphatic rings. The number of hydrogen-bond donors (Lipinski definition) is 2. The fourth-order valence-corrected chi connectivity index (χ4v) is 3.83. The summed E-state index contributed by atoms with van der Waals surface area (Å²) in [5.41, 5.74) is 4.76. The van der Waals surface area contributed by atoms with Crippen LogP contribution in [0.15, 0.2) is 48.0 Å². The summed E-state index contributed by atoms with van der Waals surface area (Å²) < 4.78 is 10.9. The first-order valence-corrected chi connectivity index (χ1v) is 10.3. The molecule has 0 aliphatic heterocycles. The van der Waals surface area contributed by atoms with Crippen molar-refractivity contribution in [3.8, 4) is 21.4 Å². The van der Waals surface area contributed by atoms with Gasteiger partial charge in [0.25, 0.3) is 11.8 Å². The molecule has 28 heavy (non-hydrogen) atoms. The molecule has 2 N–H and O–H groups in total. The molecule has 9 heteroatoms. The molecule has 0 aliphatic carbocycles. The highest BCUT2D eigenvalue weighted by atomic mass is 32.1. The molecule has 1 aromatic carbocycles. The van der Waals surface area contributed by atoms with Crippen molar-refractivity contribution in [1.82, 2.24) is 15.8 Å². The Morgan fingerprint density at radius 3 is 2.57 bits per heavy atom. The summed E-state index contributed by atoms with van der Waals surface area (Å²) in [6.45, 7) is 4.08. The van der Waals surface area contributed by atoms with Crippen molar-refractivity contribution in [3.63, 3.8) is 0 Å². The molecule has 0 spiro atoms. The van der Waals surface area contributed by atoms with Crippen LogP contribution in [0.5, 0.6) is 11.5 Å². The van der Waals surface area contributed by atoms with Crippen LogP contribution >= 0.6 is 22.7 Å². The van der Waals surface area contributed by atoms with E-state index >= 15 is 0 Å². The molecule has 3 aromatic rings. The quantitative estimate of drug-likeness (QED) is 0.575. The van der Waals surface area contributed by atoms with Crippen LogP contribution in [-0.4, -0.2) is 29.5 Å². The van der Waals surface area contributed by atoms with Crippen LogP contribution in [-0.2, 0) is 4.79 Å². The van der Waals surface area contributed by atoms with Crippen LogP contribution in [0.25, 0.3) is 9.88 Å². The van der Waals surface area contributed by atoms with Gasteiger partial charge < -0.3 is 9.47 Å². The fourth-order valence-electron chi connectivity index (χ4n) is 2.21. The molecule has 0 saturated carbocycles. The Bertz CT molecular complexity index is 923. The van der Waals surface area contributed by atoms with E-state index in [0.29, 0.717) is 17.2 Å². The number of aromatic nitrogens is 1. The molecule has 7 nitrogen and oxygen atoms in total. The third-order valence-corrected chi connectivity index (χ3v) is 5.61. The van der Waals surface area contributed by atoms with Crippen molar-refractivity contribution in [2.75, 3.05) is 6.61 Å². The fraction of sp³-hybridized carbons (Fsp3) is 0.211. The molecule has 2 amide bonds. The van der Waals surface area contributed by atoms with Gasteiger partial charge in [-0.1, -0.05) is 6.07 Å². The van der Waals surface area contributed by atoms with Gasteiger partial charge in [-0.15, -0.1) is 22.7 Å². The predicted molar refractivity (Wildman–Crippen MR) is 109 cm³/mol. The molecular formula is C19H19N3O4S2. The van der Waals surface area contributed by atoms with Gasteiger partial charge in [-0.25, -0.2) is 4.98 Å². The number of ether oxygens (including phenoxy) is 2. The maximum absolute atomic E-state index is 12.2. The predicted octanol–water partition coefficient (Wildman–Crippen LogP) is 3.50. The third kappa shape index (κ3) is 5.08. The summed E-state index contributed by atoms with van der Waals surface area (Å²) in [5.74, 6) is 0.360. The number of hydrogen-bond acceptors (Lipinski definition) is 7. The number of rotatable bonds is 7. The lowest BCUT2D eigenvalue weighted by Crippen LogP contribution is -2.47. The zero-order chi connectivity index (χ0) is 19.9. The monoisotopic (exact) mass is 417 g/mol. The summed E-state index contributed by atoms with van der Waals surface area (Å²) in [5, 5.41) is 2.71. The largest absolute Gasteiger partial charge is 0.494 e. The van der Waals surface area contributed by atoms with Crippen molar-refractivity contribution in [1.29, 1.82) is 0 Å². The van der Waals surface area contributed by atoms with E-state index in [1.165, 1.54) is 17.5 Å². The Morgan fingerprint density at radius 1 is 1.14 bits per heavy atom. The normalized spacial score (nSPS) is 11.5. The van der Waals surface area contributed by atoms with E-state index in [9.17, 15) is 9.59 Å². The van der Waals surface area contributed by atoms with Gasteiger partial charge in [-0.3, -0.25) is 20.4 Å². The molecule has 2 heterocycles. The van der Waals surface area contributed by atoms with Gasteiger partial charge in [-0.2, -0.15) is 0 Å². The highest BCUT2D eigenvalue weighted by Gasteiger charge is 2.17. The minimum atomic E-state index is -0.790. The van der Waals surface area contributed by atoms with Gasteiger partial charge in [0.1, 0.15) is 21.4 Å². The lowest BCUT2D eigenvalue weighted by atomic mass is 10.3. The van der Waals surface area contributed by atoms with E-state index in [1.54, 1.807) is 42.5 Å². The highest BCUT2D eigenvalue weighted by Crippen LogP contribution is 2.28. The summed E-state index contributed by atoms with van der Waals surface area (Å²) >= 11 is 2.81. The van der Waals surface area contributed by atoms with Crippen molar-refractivity contribution in [3.05, 3.63) is 52.9 Å². The summed E-state index contributed by atoms with van der Waals surface area (Å²) in [6.07, 6.45) is 0.697. The second-order valence-corrected chi connectivity index (χ2v) is 7.59. The molecule has 0 radical (unpaired) electrons. The summed E-state index contributed by atoms with van der Waals surface area (Å²) in [7, 11) is 0. The second kappa shape index (κ2) is 9.34. The van der Waals surface area contributed by atoms with E-state index < -0.39 is 17.9 Å². The number of benzene rings is 1. The van der Waals surface area contributed by atoms with E-state index in [-0.39, 0.29) is 0 Å². The molecule has 0 fully saturated rings. The average molecular weight is 418 g/mol. The van der Waals surface area contributed by atoms with E-state index in [1.807, 2.05) is 24.4 Å². The topological polar surface area (TPSA) is 89.5 Å². The molecule has 3 rings (SSSR count). The standard InChI is InChI=1S/C19H19N3O4S2/c1-3-25-13-6-8-14(9-7-13)26-12(2)17(23)21-22-18(24)16-11-20-19(28-16)15-5-4-10-27-15/h4-12H,3H2,1-2H3,(H,21,23)(H,22,24). The van der Waals surface area contributed by atoms with E-state index in [4.69, 9.17) is 9.47 Å². The van der Waals surface area contributed by atoms with E-state index in [2.05, 4.69) is 15.8 Å². The van der Waals surface area contributed by atoms with Crippen molar-refractivity contribution in [2.24, 2.45) is 0 Å². The lowest BCUT2D eigenvalue weighted by Gasteiger charge is -2.15. The number of thiazole rings is 1. The molecule has 0 saturated heterocycles. The number of hydrazine groups is 1. The Labute approximate surface area is 170 Å². The van der Waals surface area contributed by atoms with Crippen molar-refractivity contribution in [2.45, 2.75) is 20.0 Å². The first-order chi connectivity index (χ1) is 13.6. The van der Waals surface area contributed by atoms with Gasteiger partial charge in [0.15, 0.2) is 6.10 Å². The molecule has 1 unspecified atom stereocenters.